The van der Waals surface area contributed by atoms with E-state index in [-0.39, 0.29) is 0 Å². The Balaban J connectivity index is 1.64. The first-order chi connectivity index (χ1) is 11.8. The van der Waals surface area contributed by atoms with E-state index in [0.717, 1.165) is 48.3 Å². The van der Waals surface area contributed by atoms with E-state index >= 15 is 0 Å². The maximum absolute atomic E-state index is 6.12. The van der Waals surface area contributed by atoms with Gasteiger partial charge in [-0.15, -0.1) is 0 Å². The predicted octanol–water partition coefficient (Wildman–Crippen LogP) is 4.03. The van der Waals surface area contributed by atoms with Crippen molar-refractivity contribution in [1.29, 1.82) is 0 Å². The van der Waals surface area contributed by atoms with Crippen molar-refractivity contribution >= 4 is 17.3 Å². The van der Waals surface area contributed by atoms with Gasteiger partial charge in [0.05, 0.1) is 30.8 Å². The summed E-state index contributed by atoms with van der Waals surface area (Å²) in [6.45, 7) is 3.46. The second-order valence-corrected chi connectivity index (χ2v) is 6.19. The Labute approximate surface area is 146 Å². The van der Waals surface area contributed by atoms with Crippen molar-refractivity contribution in [3.63, 3.8) is 0 Å². The molecule has 4 rings (SSSR count). The molecule has 0 unspecified atom stereocenters. The predicted molar refractivity (Wildman–Crippen MR) is 97.0 cm³/mol. The molecule has 1 fully saturated rings. The summed E-state index contributed by atoms with van der Waals surface area (Å²) in [4.78, 5) is 2.34. The molecule has 0 amide bonds. The fraction of sp³-hybridized carbons (Fsp3) is 0.211. The van der Waals surface area contributed by atoms with Crippen LogP contribution in [0.3, 0.4) is 0 Å². The van der Waals surface area contributed by atoms with Crippen LogP contribution in [0.15, 0.2) is 60.8 Å². The van der Waals surface area contributed by atoms with Gasteiger partial charge in [0, 0.05) is 29.4 Å². The molecule has 5 heteroatoms. The third-order valence-electron chi connectivity index (χ3n) is 4.23. The van der Waals surface area contributed by atoms with Crippen LogP contribution >= 0.6 is 11.6 Å². The highest BCUT2D eigenvalue weighted by Gasteiger charge is 2.12. The molecule has 1 aliphatic heterocycles. The Morgan fingerprint density at radius 1 is 0.917 bits per heavy atom. The molecule has 2 heterocycles. The van der Waals surface area contributed by atoms with Gasteiger partial charge in [0.25, 0.3) is 0 Å². The van der Waals surface area contributed by atoms with Gasteiger partial charge in [0.1, 0.15) is 0 Å². The van der Waals surface area contributed by atoms with Crippen LogP contribution in [-0.2, 0) is 4.74 Å². The average molecular weight is 340 g/mol. The molecule has 0 saturated carbocycles. The fourth-order valence-electron chi connectivity index (χ4n) is 3.00. The number of aromatic nitrogens is 2. The molecule has 122 valence electrons. The number of halogens is 1. The number of morpholine rings is 1. The molecule has 0 N–H and O–H groups in total. The molecule has 1 aromatic heterocycles. The number of nitrogens with zero attached hydrogens (tertiary/aromatic N) is 3. The van der Waals surface area contributed by atoms with Gasteiger partial charge in [-0.25, -0.2) is 4.68 Å². The third-order valence-corrected chi connectivity index (χ3v) is 4.47. The summed E-state index contributed by atoms with van der Waals surface area (Å²) in [5.41, 5.74) is 4.33. The van der Waals surface area contributed by atoms with Crippen molar-refractivity contribution in [2.45, 2.75) is 0 Å². The minimum atomic E-state index is 0.725. The van der Waals surface area contributed by atoms with Gasteiger partial charge in [0.2, 0.25) is 0 Å². The quantitative estimate of drug-likeness (QED) is 0.721. The maximum Gasteiger partial charge on any atom is 0.0741 e. The van der Waals surface area contributed by atoms with Crippen molar-refractivity contribution in [1.82, 2.24) is 9.78 Å². The maximum atomic E-state index is 6.12. The van der Waals surface area contributed by atoms with E-state index in [1.165, 1.54) is 5.69 Å². The summed E-state index contributed by atoms with van der Waals surface area (Å²) >= 11 is 6.12. The van der Waals surface area contributed by atoms with Gasteiger partial charge >= 0.3 is 0 Å². The molecule has 1 aliphatic rings. The van der Waals surface area contributed by atoms with Gasteiger partial charge < -0.3 is 9.64 Å². The van der Waals surface area contributed by atoms with Gasteiger partial charge in [0.15, 0.2) is 0 Å². The molecule has 0 aliphatic carbocycles. The number of ether oxygens (including phenoxy) is 1. The lowest BCUT2D eigenvalue weighted by atomic mass is 10.1. The van der Waals surface area contributed by atoms with Gasteiger partial charge in [-0.05, 0) is 42.5 Å². The van der Waals surface area contributed by atoms with Crippen LogP contribution in [-0.4, -0.2) is 36.1 Å². The molecule has 0 spiro atoms. The molecular weight excluding hydrogens is 322 g/mol. The van der Waals surface area contributed by atoms with E-state index in [2.05, 4.69) is 34.3 Å². The van der Waals surface area contributed by atoms with Crippen molar-refractivity contribution in [2.24, 2.45) is 0 Å². The van der Waals surface area contributed by atoms with Crippen molar-refractivity contribution < 1.29 is 4.74 Å². The Kier molecular flexibility index (Phi) is 4.24. The molecule has 0 bridgehead atoms. The SMILES string of the molecule is Clc1cccc(-c2ccnn2-c2ccc(N3CCOCC3)cc2)c1. The lowest BCUT2D eigenvalue weighted by Gasteiger charge is -2.28. The first-order valence-electron chi connectivity index (χ1n) is 8.04. The minimum Gasteiger partial charge on any atom is -0.378 e. The van der Waals surface area contributed by atoms with E-state index in [1.807, 2.05) is 41.2 Å². The molecule has 0 radical (unpaired) electrons. The van der Waals surface area contributed by atoms with Crippen molar-refractivity contribution in [2.75, 3.05) is 31.2 Å². The third kappa shape index (κ3) is 3.03. The molecule has 3 aromatic rings. The lowest BCUT2D eigenvalue weighted by Crippen LogP contribution is -2.36. The smallest absolute Gasteiger partial charge is 0.0741 e. The highest BCUT2D eigenvalue weighted by molar-refractivity contribution is 6.30. The molecular formula is C19H18ClN3O. The number of rotatable bonds is 3. The highest BCUT2D eigenvalue weighted by Crippen LogP contribution is 2.26. The zero-order chi connectivity index (χ0) is 16.4. The molecule has 2 aromatic carbocycles. The van der Waals surface area contributed by atoms with Gasteiger partial charge in [-0.2, -0.15) is 5.10 Å². The van der Waals surface area contributed by atoms with Crippen LogP contribution in [0, 0.1) is 0 Å². The number of benzene rings is 2. The van der Waals surface area contributed by atoms with Crippen molar-refractivity contribution in [3.05, 3.63) is 65.8 Å². The summed E-state index contributed by atoms with van der Waals surface area (Å²) in [6, 6.07) is 18.3. The normalized spacial score (nSPS) is 14.8. The molecule has 24 heavy (non-hydrogen) atoms. The van der Waals surface area contributed by atoms with Crippen LogP contribution in [0.2, 0.25) is 5.02 Å². The van der Waals surface area contributed by atoms with E-state index in [0.29, 0.717) is 0 Å². The van der Waals surface area contributed by atoms with Crippen LogP contribution in [0.1, 0.15) is 0 Å². The number of anilines is 1. The zero-order valence-electron chi connectivity index (χ0n) is 13.2. The summed E-state index contributed by atoms with van der Waals surface area (Å²) in [5.74, 6) is 0. The lowest BCUT2D eigenvalue weighted by molar-refractivity contribution is 0.122. The molecule has 1 saturated heterocycles. The molecule has 4 nitrogen and oxygen atoms in total. The van der Waals surface area contributed by atoms with Crippen molar-refractivity contribution in [3.8, 4) is 16.9 Å². The first kappa shape index (κ1) is 15.2. The summed E-state index contributed by atoms with van der Waals surface area (Å²) in [6.07, 6.45) is 1.81. The summed E-state index contributed by atoms with van der Waals surface area (Å²) in [5, 5.41) is 5.20. The van der Waals surface area contributed by atoms with Crippen LogP contribution in [0.4, 0.5) is 5.69 Å². The first-order valence-corrected chi connectivity index (χ1v) is 8.42. The van der Waals surface area contributed by atoms with Crippen LogP contribution < -0.4 is 4.90 Å². The fourth-order valence-corrected chi connectivity index (χ4v) is 3.19. The standard InChI is InChI=1S/C19H18ClN3O/c20-16-3-1-2-15(14-16)19-8-9-21-23(19)18-6-4-17(5-7-18)22-10-12-24-13-11-22/h1-9,14H,10-13H2. The summed E-state index contributed by atoms with van der Waals surface area (Å²) < 4.78 is 7.35. The van der Waals surface area contributed by atoms with Gasteiger partial charge in [-0.1, -0.05) is 23.7 Å². The van der Waals surface area contributed by atoms with Crippen LogP contribution in [0.5, 0.6) is 0 Å². The monoisotopic (exact) mass is 339 g/mol. The topological polar surface area (TPSA) is 30.3 Å². The second-order valence-electron chi connectivity index (χ2n) is 5.75. The van der Waals surface area contributed by atoms with Crippen LogP contribution in [0.25, 0.3) is 16.9 Å². The Morgan fingerprint density at radius 3 is 2.42 bits per heavy atom. The Bertz CT molecular complexity index is 823. The minimum absolute atomic E-state index is 0.725. The van der Waals surface area contributed by atoms with E-state index < -0.39 is 0 Å². The molecule has 0 atom stereocenters. The number of hydrogen-bond acceptors (Lipinski definition) is 3. The summed E-state index contributed by atoms with van der Waals surface area (Å²) in [7, 11) is 0. The second kappa shape index (κ2) is 6.67. The number of hydrogen-bond donors (Lipinski definition) is 0. The van der Waals surface area contributed by atoms with E-state index in [4.69, 9.17) is 16.3 Å². The van der Waals surface area contributed by atoms with Gasteiger partial charge in [-0.3, -0.25) is 0 Å². The highest BCUT2D eigenvalue weighted by atomic mass is 35.5. The van der Waals surface area contributed by atoms with E-state index in [1.54, 1.807) is 0 Å². The Morgan fingerprint density at radius 2 is 1.67 bits per heavy atom. The zero-order valence-corrected chi connectivity index (χ0v) is 14.0. The van der Waals surface area contributed by atoms with E-state index in [9.17, 15) is 0 Å². The average Bonchev–Trinajstić information content (AvgIpc) is 3.12. The largest absolute Gasteiger partial charge is 0.378 e. The Hall–Kier alpha value is -2.30.